The second-order valence-electron chi connectivity index (χ2n) is 8.25. The van der Waals surface area contributed by atoms with Crippen LogP contribution in [-0.4, -0.2) is 37.3 Å². The summed E-state index contributed by atoms with van der Waals surface area (Å²) in [5.74, 6) is 6.14. The van der Waals surface area contributed by atoms with Crippen LogP contribution >= 0.6 is 0 Å². The molecule has 3 atom stereocenters. The van der Waals surface area contributed by atoms with Crippen molar-refractivity contribution >= 4 is 8.32 Å². The molecule has 4 heteroatoms. The topological polar surface area (TPSA) is 42.0 Å². The van der Waals surface area contributed by atoms with Gasteiger partial charge in [0.05, 0.1) is 6.61 Å². The van der Waals surface area contributed by atoms with Gasteiger partial charge in [0.25, 0.3) is 0 Å². The van der Waals surface area contributed by atoms with E-state index in [1.807, 2.05) is 19.1 Å². The van der Waals surface area contributed by atoms with E-state index in [2.05, 4.69) is 45.7 Å². The third-order valence-electron chi connectivity index (χ3n) is 5.20. The van der Waals surface area contributed by atoms with Crippen LogP contribution in [0.25, 0.3) is 0 Å². The van der Waals surface area contributed by atoms with Crippen LogP contribution in [0.1, 0.15) is 47.0 Å². The number of ether oxygens (including phenoxy) is 1. The number of epoxide rings is 1. The molecule has 1 fully saturated rings. The highest BCUT2D eigenvalue weighted by atomic mass is 28.4. The lowest BCUT2D eigenvalue weighted by molar-refractivity contribution is 0.134. The first-order valence-electron chi connectivity index (χ1n) is 8.24. The Balaban J connectivity index is 1.91. The fourth-order valence-electron chi connectivity index (χ4n) is 2.25. The Bertz CT molecular complexity index is 509. The van der Waals surface area contributed by atoms with Gasteiger partial charge < -0.3 is 14.3 Å². The number of hydrogen-bond donors (Lipinski definition) is 1. The zero-order valence-electron chi connectivity index (χ0n) is 14.8. The van der Waals surface area contributed by atoms with E-state index in [-0.39, 0.29) is 11.1 Å². The molecule has 0 radical (unpaired) electrons. The van der Waals surface area contributed by atoms with Gasteiger partial charge in [0.2, 0.25) is 0 Å². The van der Waals surface area contributed by atoms with E-state index in [1.165, 1.54) is 0 Å². The van der Waals surface area contributed by atoms with E-state index in [0.29, 0.717) is 13.0 Å². The lowest BCUT2D eigenvalue weighted by Crippen LogP contribution is -2.42. The van der Waals surface area contributed by atoms with Crippen molar-refractivity contribution < 1.29 is 14.3 Å². The molecule has 0 bridgehead atoms. The van der Waals surface area contributed by atoms with Crippen LogP contribution in [0.3, 0.4) is 0 Å². The van der Waals surface area contributed by atoms with Crippen LogP contribution < -0.4 is 0 Å². The molecule has 0 aromatic rings. The Morgan fingerprint density at radius 2 is 2.05 bits per heavy atom. The molecule has 0 saturated carbocycles. The summed E-state index contributed by atoms with van der Waals surface area (Å²) in [4.78, 5) is 0. The van der Waals surface area contributed by atoms with Gasteiger partial charge in [-0.1, -0.05) is 38.7 Å². The van der Waals surface area contributed by atoms with Crippen LogP contribution in [0.15, 0.2) is 12.2 Å². The molecule has 3 nitrogen and oxygen atoms in total. The van der Waals surface area contributed by atoms with E-state index in [0.717, 1.165) is 12.8 Å². The highest BCUT2D eigenvalue weighted by Gasteiger charge is 2.53. The standard InChI is InChI=1S/C18H30O3Si/c1-16(2,3)22(5,6)20-14-15-17(4,21-15)12-13-18(19)10-8-7-9-11-18/h8,10,15,19H,7,9,11,14H2,1-6H3/t15-,17+,18?/m1/s1. The predicted molar refractivity (Wildman–Crippen MR) is 92.1 cm³/mol. The predicted octanol–water partition coefficient (Wildman–Crippen LogP) is 3.64. The highest BCUT2D eigenvalue weighted by Crippen LogP contribution is 2.40. The second kappa shape index (κ2) is 5.79. The van der Waals surface area contributed by atoms with Crippen LogP contribution in [0, 0.1) is 11.8 Å². The number of allylic oxidation sites excluding steroid dienone is 1. The Kier molecular flexibility index (Phi) is 4.67. The monoisotopic (exact) mass is 322 g/mol. The van der Waals surface area contributed by atoms with Crippen LogP contribution in [0.5, 0.6) is 0 Å². The third-order valence-corrected chi connectivity index (χ3v) is 9.70. The molecule has 22 heavy (non-hydrogen) atoms. The smallest absolute Gasteiger partial charge is 0.192 e. The van der Waals surface area contributed by atoms with E-state index in [9.17, 15) is 5.11 Å². The number of rotatable bonds is 3. The molecular weight excluding hydrogens is 292 g/mol. The first-order chi connectivity index (χ1) is 9.98. The molecule has 1 saturated heterocycles. The molecule has 2 aliphatic rings. The van der Waals surface area contributed by atoms with Crippen molar-refractivity contribution in [2.75, 3.05) is 6.61 Å². The van der Waals surface area contributed by atoms with E-state index in [4.69, 9.17) is 9.16 Å². The summed E-state index contributed by atoms with van der Waals surface area (Å²) in [7, 11) is -1.75. The van der Waals surface area contributed by atoms with Crippen LogP contribution in [0.4, 0.5) is 0 Å². The van der Waals surface area contributed by atoms with Gasteiger partial charge in [0.1, 0.15) is 11.7 Å². The molecule has 1 unspecified atom stereocenters. The van der Waals surface area contributed by atoms with Gasteiger partial charge in [-0.05, 0) is 50.4 Å². The number of aliphatic hydroxyl groups is 1. The normalized spacial score (nSPS) is 35.0. The van der Waals surface area contributed by atoms with Crippen LogP contribution in [0.2, 0.25) is 18.1 Å². The molecule has 1 aliphatic heterocycles. The fourth-order valence-corrected chi connectivity index (χ4v) is 3.25. The summed E-state index contributed by atoms with van der Waals surface area (Å²) in [6, 6.07) is 0. The Hall–Kier alpha value is -0.603. The minimum atomic E-state index is -1.75. The summed E-state index contributed by atoms with van der Waals surface area (Å²) in [5.41, 5.74) is -1.44. The van der Waals surface area contributed by atoms with Gasteiger partial charge in [0, 0.05) is 0 Å². The average molecular weight is 323 g/mol. The quantitative estimate of drug-likeness (QED) is 0.373. The maximum absolute atomic E-state index is 10.4. The summed E-state index contributed by atoms with van der Waals surface area (Å²) in [6.45, 7) is 13.8. The lowest BCUT2D eigenvalue weighted by Gasteiger charge is -2.36. The number of hydrogen-bond acceptors (Lipinski definition) is 3. The lowest BCUT2D eigenvalue weighted by atomic mass is 9.91. The molecule has 1 N–H and O–H groups in total. The SMILES string of the molecule is CC(C)(C)[Si](C)(C)OC[C@H]1O[C@@]1(C)C#CC1(O)C=CCCC1. The second-order valence-corrected chi connectivity index (χ2v) is 13.1. The first-order valence-corrected chi connectivity index (χ1v) is 11.1. The zero-order valence-corrected chi connectivity index (χ0v) is 15.8. The maximum Gasteiger partial charge on any atom is 0.192 e. The molecule has 2 rings (SSSR count). The van der Waals surface area contributed by atoms with E-state index < -0.39 is 19.5 Å². The minimum Gasteiger partial charge on any atom is -0.414 e. The van der Waals surface area contributed by atoms with Crippen molar-refractivity contribution in [1.82, 2.24) is 0 Å². The first kappa shape index (κ1) is 17.7. The van der Waals surface area contributed by atoms with E-state index >= 15 is 0 Å². The summed E-state index contributed by atoms with van der Waals surface area (Å²) < 4.78 is 11.9. The summed E-state index contributed by atoms with van der Waals surface area (Å²) in [6.07, 6.45) is 6.56. The largest absolute Gasteiger partial charge is 0.414 e. The summed E-state index contributed by atoms with van der Waals surface area (Å²) in [5, 5.41) is 10.6. The average Bonchev–Trinajstić information content (AvgIpc) is 3.06. The maximum atomic E-state index is 10.4. The Morgan fingerprint density at radius 1 is 1.36 bits per heavy atom. The molecule has 0 spiro atoms. The molecule has 1 heterocycles. The summed E-state index contributed by atoms with van der Waals surface area (Å²) >= 11 is 0. The zero-order chi connectivity index (χ0) is 16.6. The molecule has 124 valence electrons. The Morgan fingerprint density at radius 3 is 2.59 bits per heavy atom. The molecule has 0 aromatic heterocycles. The van der Waals surface area contributed by atoms with Gasteiger partial charge in [-0.25, -0.2) is 0 Å². The molecule has 0 amide bonds. The van der Waals surface area contributed by atoms with Gasteiger partial charge >= 0.3 is 0 Å². The van der Waals surface area contributed by atoms with Crippen molar-refractivity contribution in [2.45, 2.75) is 82.4 Å². The van der Waals surface area contributed by atoms with Gasteiger partial charge in [-0.3, -0.25) is 0 Å². The van der Waals surface area contributed by atoms with Crippen molar-refractivity contribution in [3.8, 4) is 11.8 Å². The van der Waals surface area contributed by atoms with Crippen molar-refractivity contribution in [1.29, 1.82) is 0 Å². The molecule has 0 aromatic carbocycles. The van der Waals surface area contributed by atoms with E-state index in [1.54, 1.807) is 0 Å². The minimum absolute atomic E-state index is 0.0188. The molecule has 1 aliphatic carbocycles. The van der Waals surface area contributed by atoms with Gasteiger partial charge in [-0.2, -0.15) is 0 Å². The van der Waals surface area contributed by atoms with Crippen molar-refractivity contribution in [2.24, 2.45) is 0 Å². The third kappa shape index (κ3) is 4.02. The van der Waals surface area contributed by atoms with Crippen LogP contribution in [-0.2, 0) is 9.16 Å². The highest BCUT2D eigenvalue weighted by molar-refractivity contribution is 6.74. The van der Waals surface area contributed by atoms with Crippen molar-refractivity contribution in [3.63, 3.8) is 0 Å². The van der Waals surface area contributed by atoms with Gasteiger partial charge in [-0.15, -0.1) is 0 Å². The fraction of sp³-hybridized carbons (Fsp3) is 0.778. The van der Waals surface area contributed by atoms with Crippen molar-refractivity contribution in [3.05, 3.63) is 12.2 Å². The Labute approximate surface area is 136 Å². The van der Waals surface area contributed by atoms with Gasteiger partial charge in [0.15, 0.2) is 13.9 Å². The molecular formula is C18H30O3Si.